The summed E-state index contributed by atoms with van der Waals surface area (Å²) in [5, 5.41) is 0. The lowest BCUT2D eigenvalue weighted by molar-refractivity contribution is -0.154. The molecule has 0 spiro atoms. The highest BCUT2D eigenvalue weighted by molar-refractivity contribution is 7.89. The largest absolute Gasteiger partial charge is 0.348 e. The van der Waals surface area contributed by atoms with Crippen LogP contribution in [0.15, 0.2) is 30.3 Å². The molecule has 0 unspecified atom stereocenters. The van der Waals surface area contributed by atoms with Gasteiger partial charge >= 0.3 is 0 Å². The number of sulfonamides is 1. The third kappa shape index (κ3) is 3.48. The van der Waals surface area contributed by atoms with Crippen LogP contribution < -0.4 is 0 Å². The first-order valence-electron chi connectivity index (χ1n) is 11.2. The van der Waals surface area contributed by atoms with E-state index < -0.39 is 26.9 Å². The summed E-state index contributed by atoms with van der Waals surface area (Å²) in [6.45, 7) is 0.752. The van der Waals surface area contributed by atoms with Gasteiger partial charge in [-0.2, -0.15) is 0 Å². The summed E-state index contributed by atoms with van der Waals surface area (Å²) in [6.07, 6.45) is 4.40. The Hall–Kier alpha value is -1.93. The third-order valence-corrected chi connectivity index (χ3v) is 9.63. The number of nitrogens with zero attached hydrogens (tertiary/aromatic N) is 3. The monoisotopic (exact) mass is 447 g/mol. The minimum absolute atomic E-state index is 0.0640. The fourth-order valence-corrected chi connectivity index (χ4v) is 7.71. The van der Waals surface area contributed by atoms with Crippen molar-refractivity contribution in [3.05, 3.63) is 35.9 Å². The average molecular weight is 448 g/mol. The number of benzene rings is 1. The molecule has 1 aromatic carbocycles. The number of hydrogen-bond donors (Lipinski definition) is 0. The predicted octanol–water partition coefficient (Wildman–Crippen LogP) is 1.84. The van der Waals surface area contributed by atoms with E-state index in [9.17, 15) is 18.0 Å². The quantitative estimate of drug-likeness (QED) is 0.708. The molecular weight excluding hydrogens is 414 g/mol. The van der Waals surface area contributed by atoms with Gasteiger partial charge in [-0.3, -0.25) is 9.59 Å². The molecule has 0 bridgehead atoms. The maximum absolute atomic E-state index is 14.0. The molecule has 4 rings (SSSR count). The number of fused-ring (bicyclic) bond motifs is 1. The second kappa shape index (κ2) is 7.89. The molecule has 0 radical (unpaired) electrons. The minimum Gasteiger partial charge on any atom is -0.348 e. The van der Waals surface area contributed by atoms with Gasteiger partial charge in [0.1, 0.15) is 0 Å². The van der Waals surface area contributed by atoms with Crippen LogP contribution in [0.2, 0.25) is 0 Å². The highest BCUT2D eigenvalue weighted by Gasteiger charge is 2.58. The number of hydrogen-bond acceptors (Lipinski definition) is 4. The van der Waals surface area contributed by atoms with Gasteiger partial charge in [-0.15, -0.1) is 0 Å². The predicted molar refractivity (Wildman–Crippen MR) is 119 cm³/mol. The van der Waals surface area contributed by atoms with Gasteiger partial charge in [0.05, 0.1) is 16.6 Å². The van der Waals surface area contributed by atoms with Gasteiger partial charge in [0.25, 0.3) is 0 Å². The van der Waals surface area contributed by atoms with Crippen LogP contribution in [0, 0.1) is 5.41 Å². The van der Waals surface area contributed by atoms with Crippen molar-refractivity contribution in [3.8, 4) is 0 Å². The summed E-state index contributed by atoms with van der Waals surface area (Å²) in [5.41, 5.74) is -0.382. The second-order valence-corrected chi connectivity index (χ2v) is 11.8. The molecular formula is C23H33N3O4S. The summed E-state index contributed by atoms with van der Waals surface area (Å²) in [6, 6.07) is 9.59. The molecule has 0 N–H and O–H groups in total. The summed E-state index contributed by atoms with van der Waals surface area (Å²) >= 11 is 0. The van der Waals surface area contributed by atoms with Crippen LogP contribution in [0.25, 0.3) is 0 Å². The molecule has 170 valence electrons. The molecule has 2 amide bonds. The second-order valence-electron chi connectivity index (χ2n) is 9.62. The van der Waals surface area contributed by atoms with E-state index in [1.54, 1.807) is 26.0 Å². The number of piperidine rings is 1. The Morgan fingerprint density at radius 2 is 1.71 bits per heavy atom. The van der Waals surface area contributed by atoms with Crippen LogP contribution in [-0.4, -0.2) is 80.4 Å². The molecule has 1 saturated carbocycles. The summed E-state index contributed by atoms with van der Waals surface area (Å²) in [5.74, 6) is -0.0561. The van der Waals surface area contributed by atoms with E-state index >= 15 is 0 Å². The molecule has 2 aliphatic heterocycles. The maximum Gasteiger partial charge on any atom is 0.233 e. The van der Waals surface area contributed by atoms with Gasteiger partial charge < -0.3 is 9.80 Å². The zero-order valence-corrected chi connectivity index (χ0v) is 19.5. The molecule has 0 aromatic heterocycles. The van der Waals surface area contributed by atoms with Crippen LogP contribution in [0.3, 0.4) is 0 Å². The lowest BCUT2D eigenvalue weighted by atomic mass is 9.70. The Morgan fingerprint density at radius 3 is 2.32 bits per heavy atom. The van der Waals surface area contributed by atoms with Crippen molar-refractivity contribution in [2.75, 3.05) is 40.0 Å². The lowest BCUT2D eigenvalue weighted by Gasteiger charge is -2.54. The van der Waals surface area contributed by atoms with Gasteiger partial charge in [0.2, 0.25) is 21.8 Å². The Kier molecular flexibility index (Phi) is 5.67. The summed E-state index contributed by atoms with van der Waals surface area (Å²) in [7, 11) is 1.62. The van der Waals surface area contributed by atoms with E-state index in [0.717, 1.165) is 31.2 Å². The number of carbonyl (C=O) groups excluding carboxylic acids is 2. The molecule has 7 nitrogen and oxygen atoms in total. The van der Waals surface area contributed by atoms with Crippen molar-refractivity contribution < 1.29 is 18.0 Å². The Balaban J connectivity index is 1.70. The van der Waals surface area contributed by atoms with Crippen molar-refractivity contribution in [2.45, 2.75) is 50.0 Å². The fraction of sp³-hybridized carbons (Fsp3) is 0.652. The van der Waals surface area contributed by atoms with Gasteiger partial charge in [-0.25, -0.2) is 12.7 Å². The van der Waals surface area contributed by atoms with Crippen LogP contribution in [0.4, 0.5) is 0 Å². The third-order valence-electron chi connectivity index (χ3n) is 7.78. The first kappa shape index (κ1) is 22.3. The maximum atomic E-state index is 14.0. The van der Waals surface area contributed by atoms with Crippen LogP contribution in [0.1, 0.15) is 44.1 Å². The zero-order chi connectivity index (χ0) is 22.4. The Bertz CT molecular complexity index is 956. The lowest BCUT2D eigenvalue weighted by Crippen LogP contribution is -2.68. The highest BCUT2D eigenvalue weighted by Crippen LogP contribution is 2.47. The molecule has 3 aliphatic rings. The normalized spacial score (nSPS) is 29.9. The van der Waals surface area contributed by atoms with Crippen LogP contribution in [-0.2, 0) is 25.0 Å². The minimum atomic E-state index is -3.38. The van der Waals surface area contributed by atoms with Crippen LogP contribution >= 0.6 is 0 Å². The fourth-order valence-electron chi connectivity index (χ4n) is 6.10. The Labute approximate surface area is 185 Å². The van der Waals surface area contributed by atoms with Crippen molar-refractivity contribution >= 4 is 21.8 Å². The number of likely N-dealkylation sites (tertiary alicyclic amines) is 1. The van der Waals surface area contributed by atoms with E-state index in [4.69, 9.17) is 0 Å². The Morgan fingerprint density at radius 1 is 1.06 bits per heavy atom. The first-order valence-corrected chi connectivity index (χ1v) is 12.8. The van der Waals surface area contributed by atoms with E-state index in [1.165, 1.54) is 4.31 Å². The molecule has 8 heteroatoms. The van der Waals surface area contributed by atoms with Gasteiger partial charge in [0, 0.05) is 40.3 Å². The van der Waals surface area contributed by atoms with Gasteiger partial charge in [0.15, 0.2) is 0 Å². The first-order chi connectivity index (χ1) is 14.6. The van der Waals surface area contributed by atoms with Crippen molar-refractivity contribution in [3.63, 3.8) is 0 Å². The van der Waals surface area contributed by atoms with Crippen molar-refractivity contribution in [1.82, 2.24) is 14.1 Å². The molecule has 1 aromatic rings. The molecule has 1 aliphatic carbocycles. The zero-order valence-electron chi connectivity index (χ0n) is 18.7. The molecule has 3 fully saturated rings. The number of amides is 2. The standard InChI is InChI=1S/C23H33N3O4S/c1-24(2)20(27)23-14-16-31(29,30)25(3)19(23)11-15-26(17-23)21(28)22(12-7-8-13-22)18-9-5-4-6-10-18/h4-6,9-10,19H,7-8,11-17H2,1-3H3/t19-,23+/m1/s1. The summed E-state index contributed by atoms with van der Waals surface area (Å²) in [4.78, 5) is 30.8. The van der Waals surface area contributed by atoms with Crippen molar-refractivity contribution in [2.24, 2.45) is 5.41 Å². The number of rotatable bonds is 3. The molecule has 31 heavy (non-hydrogen) atoms. The van der Waals surface area contributed by atoms with E-state index in [0.29, 0.717) is 13.0 Å². The number of carbonyl (C=O) groups is 2. The SMILES string of the molecule is CN(C)C(=O)[C@]12CCS(=O)(=O)N(C)[C@@H]1CCN(C(=O)C1(c3ccccc3)CCCC1)C2. The van der Waals surface area contributed by atoms with Crippen molar-refractivity contribution in [1.29, 1.82) is 0 Å². The molecule has 2 atom stereocenters. The van der Waals surface area contributed by atoms with E-state index in [2.05, 4.69) is 0 Å². The topological polar surface area (TPSA) is 78.0 Å². The summed E-state index contributed by atoms with van der Waals surface area (Å²) < 4.78 is 26.5. The van der Waals surface area contributed by atoms with E-state index in [-0.39, 0.29) is 30.5 Å². The van der Waals surface area contributed by atoms with Crippen LogP contribution in [0.5, 0.6) is 0 Å². The smallest absolute Gasteiger partial charge is 0.233 e. The molecule has 2 heterocycles. The van der Waals surface area contributed by atoms with E-state index in [1.807, 2.05) is 35.2 Å². The van der Waals surface area contributed by atoms with Gasteiger partial charge in [-0.1, -0.05) is 43.2 Å². The molecule has 2 saturated heterocycles. The average Bonchev–Trinajstić information content (AvgIpc) is 3.27. The van der Waals surface area contributed by atoms with Gasteiger partial charge in [-0.05, 0) is 31.2 Å². The highest BCUT2D eigenvalue weighted by atomic mass is 32.2.